The number of hydrogen-bond acceptors (Lipinski definition) is 6. The molecule has 9 heteroatoms. The van der Waals surface area contributed by atoms with Crippen molar-refractivity contribution < 1.29 is 22.7 Å². The highest BCUT2D eigenvalue weighted by Gasteiger charge is 2.36. The first-order valence-corrected chi connectivity index (χ1v) is 10.4. The van der Waals surface area contributed by atoms with Crippen LogP contribution >= 0.6 is 0 Å². The first kappa shape index (κ1) is 18.4. The zero-order valence-corrected chi connectivity index (χ0v) is 15.5. The molecular weight excluding hydrogens is 358 g/mol. The Morgan fingerprint density at radius 3 is 2.77 bits per heavy atom. The molecule has 1 aliphatic rings. The van der Waals surface area contributed by atoms with Crippen LogP contribution in [0.15, 0.2) is 29.6 Å². The number of esters is 1. The third-order valence-corrected chi connectivity index (χ3v) is 5.32. The van der Waals surface area contributed by atoms with Gasteiger partial charge in [0.25, 0.3) is 5.91 Å². The highest BCUT2D eigenvalue weighted by Crippen LogP contribution is 2.24. The first-order valence-electron chi connectivity index (χ1n) is 8.49. The number of sulfone groups is 1. The summed E-state index contributed by atoms with van der Waals surface area (Å²) in [7, 11) is -3.62. The highest BCUT2D eigenvalue weighted by atomic mass is 32.2. The van der Waals surface area contributed by atoms with Gasteiger partial charge in [0.15, 0.2) is 5.69 Å². The Balaban J connectivity index is 2.05. The molecule has 0 radical (unpaired) electrons. The van der Waals surface area contributed by atoms with Gasteiger partial charge in [-0.2, -0.15) is 0 Å². The van der Waals surface area contributed by atoms with E-state index in [2.05, 4.69) is 4.98 Å². The molecule has 0 N–H and O–H groups in total. The molecule has 0 bridgehead atoms. The van der Waals surface area contributed by atoms with E-state index in [0.717, 1.165) is 19.1 Å². The second kappa shape index (κ2) is 7.06. The minimum absolute atomic E-state index is 0.0298. The van der Waals surface area contributed by atoms with Gasteiger partial charge in [-0.15, -0.1) is 0 Å². The van der Waals surface area contributed by atoms with Gasteiger partial charge in [0.2, 0.25) is 15.0 Å². The van der Waals surface area contributed by atoms with E-state index in [-0.39, 0.29) is 17.5 Å². The maximum atomic E-state index is 13.1. The van der Waals surface area contributed by atoms with Crippen molar-refractivity contribution in [2.45, 2.75) is 37.4 Å². The predicted octanol–water partition coefficient (Wildman–Crippen LogP) is 1.30. The number of aromatic nitrogens is 2. The monoisotopic (exact) mass is 379 g/mol. The highest BCUT2D eigenvalue weighted by molar-refractivity contribution is 7.90. The van der Waals surface area contributed by atoms with E-state index >= 15 is 0 Å². The summed E-state index contributed by atoms with van der Waals surface area (Å²) in [4.78, 5) is 30.9. The number of ether oxygens (including phenoxy) is 1. The lowest BCUT2D eigenvalue weighted by Crippen LogP contribution is -2.48. The van der Waals surface area contributed by atoms with Gasteiger partial charge < -0.3 is 9.64 Å². The van der Waals surface area contributed by atoms with Crippen molar-refractivity contribution in [2.75, 3.05) is 19.4 Å². The number of hydrogen-bond donors (Lipinski definition) is 0. The molecule has 1 saturated heterocycles. The smallest absolute Gasteiger partial charge is 0.328 e. The summed E-state index contributed by atoms with van der Waals surface area (Å²) in [6, 6.07) is 4.34. The lowest BCUT2D eigenvalue weighted by atomic mass is 10.0. The van der Waals surface area contributed by atoms with Crippen LogP contribution in [0.4, 0.5) is 0 Å². The molecule has 8 nitrogen and oxygen atoms in total. The molecule has 0 unspecified atom stereocenters. The Labute approximate surface area is 151 Å². The molecule has 2 aromatic rings. The van der Waals surface area contributed by atoms with Crippen LogP contribution in [-0.4, -0.2) is 60.0 Å². The topological polar surface area (TPSA) is 98.0 Å². The van der Waals surface area contributed by atoms with Crippen LogP contribution in [0, 0.1) is 0 Å². The molecular formula is C17H21N3O5S. The van der Waals surface area contributed by atoms with Crippen LogP contribution in [0.2, 0.25) is 0 Å². The Morgan fingerprint density at radius 2 is 2.08 bits per heavy atom. The van der Waals surface area contributed by atoms with Crippen LogP contribution in [0.1, 0.15) is 36.7 Å². The summed E-state index contributed by atoms with van der Waals surface area (Å²) in [5.41, 5.74) is 0.424. The Bertz CT molecular complexity index is 950. The van der Waals surface area contributed by atoms with Gasteiger partial charge in [0.1, 0.15) is 6.04 Å². The van der Waals surface area contributed by atoms with E-state index in [0.29, 0.717) is 18.5 Å². The van der Waals surface area contributed by atoms with E-state index in [1.54, 1.807) is 31.3 Å². The fraction of sp³-hybridized carbons (Fsp3) is 0.471. The molecule has 2 aromatic heterocycles. The summed E-state index contributed by atoms with van der Waals surface area (Å²) in [5, 5.41) is -0.193. The number of carbonyl (C=O) groups excluding carboxylic acids is 2. The largest absolute Gasteiger partial charge is 0.464 e. The summed E-state index contributed by atoms with van der Waals surface area (Å²) in [5.74, 6) is -0.895. The molecule has 0 spiro atoms. The minimum Gasteiger partial charge on any atom is -0.464 e. The lowest BCUT2D eigenvalue weighted by Gasteiger charge is -2.33. The van der Waals surface area contributed by atoms with Crippen molar-refractivity contribution in [3.63, 3.8) is 0 Å². The predicted molar refractivity (Wildman–Crippen MR) is 93.6 cm³/mol. The Morgan fingerprint density at radius 1 is 1.31 bits per heavy atom. The fourth-order valence-electron chi connectivity index (χ4n) is 3.22. The Kier molecular flexibility index (Phi) is 4.99. The van der Waals surface area contributed by atoms with Gasteiger partial charge in [0.05, 0.1) is 12.1 Å². The molecule has 3 heterocycles. The summed E-state index contributed by atoms with van der Waals surface area (Å²) < 4.78 is 30.5. The molecule has 3 rings (SSSR count). The quantitative estimate of drug-likeness (QED) is 0.743. The Hall–Kier alpha value is -2.42. The molecule has 0 aromatic carbocycles. The molecule has 1 atom stereocenters. The third kappa shape index (κ3) is 3.31. The van der Waals surface area contributed by atoms with E-state index < -0.39 is 27.8 Å². The zero-order chi connectivity index (χ0) is 18.9. The number of fused-ring (bicyclic) bond motifs is 1. The molecule has 1 aliphatic heterocycles. The number of amides is 1. The number of rotatable bonds is 4. The van der Waals surface area contributed by atoms with Crippen LogP contribution in [-0.2, 0) is 19.4 Å². The minimum atomic E-state index is -3.62. The summed E-state index contributed by atoms with van der Waals surface area (Å²) in [6.07, 6.45) is 4.72. The van der Waals surface area contributed by atoms with E-state index in [1.165, 1.54) is 9.30 Å². The first-order chi connectivity index (χ1) is 12.3. The van der Waals surface area contributed by atoms with Gasteiger partial charge in [-0.25, -0.2) is 18.2 Å². The van der Waals surface area contributed by atoms with Gasteiger partial charge in [-0.05, 0) is 38.3 Å². The number of likely N-dealkylation sites (tertiary alicyclic amines) is 1. The van der Waals surface area contributed by atoms with Gasteiger partial charge in [-0.1, -0.05) is 6.07 Å². The normalized spacial score (nSPS) is 18.1. The molecule has 1 fully saturated rings. The van der Waals surface area contributed by atoms with Crippen LogP contribution in [0.25, 0.3) is 5.52 Å². The third-order valence-electron chi connectivity index (χ3n) is 4.37. The maximum Gasteiger partial charge on any atom is 0.328 e. The lowest BCUT2D eigenvalue weighted by molar-refractivity contribution is -0.149. The summed E-state index contributed by atoms with van der Waals surface area (Å²) >= 11 is 0. The molecule has 0 aliphatic carbocycles. The molecule has 0 saturated carbocycles. The molecule has 140 valence electrons. The number of imidazole rings is 1. The molecule has 1 amide bonds. The van der Waals surface area contributed by atoms with Crippen molar-refractivity contribution in [3.05, 3.63) is 30.1 Å². The number of piperidine rings is 1. The van der Waals surface area contributed by atoms with Crippen molar-refractivity contribution in [2.24, 2.45) is 0 Å². The van der Waals surface area contributed by atoms with Gasteiger partial charge in [0, 0.05) is 19.0 Å². The van der Waals surface area contributed by atoms with E-state index in [4.69, 9.17) is 4.74 Å². The van der Waals surface area contributed by atoms with Crippen LogP contribution in [0.3, 0.4) is 0 Å². The molecule has 26 heavy (non-hydrogen) atoms. The van der Waals surface area contributed by atoms with Crippen molar-refractivity contribution in [3.8, 4) is 0 Å². The zero-order valence-electron chi connectivity index (χ0n) is 14.7. The van der Waals surface area contributed by atoms with E-state index in [1.807, 2.05) is 0 Å². The van der Waals surface area contributed by atoms with Gasteiger partial charge in [-0.3, -0.25) is 9.20 Å². The number of pyridine rings is 1. The number of carbonyl (C=O) groups is 2. The standard InChI is InChI=1S/C17H21N3O5S/c1-3-25-16(22)13-9-5-6-10-19(13)15(21)14-12-8-4-7-11-20(12)17(18-14)26(2,23)24/h4,7-8,11,13H,3,5-6,9-10H2,1-2H3/t13-/m1/s1. The second-order valence-electron chi connectivity index (χ2n) is 6.23. The summed E-state index contributed by atoms with van der Waals surface area (Å²) in [6.45, 7) is 2.36. The van der Waals surface area contributed by atoms with Gasteiger partial charge >= 0.3 is 5.97 Å². The fourth-order valence-corrected chi connectivity index (χ4v) is 4.00. The average molecular weight is 379 g/mol. The van der Waals surface area contributed by atoms with E-state index in [9.17, 15) is 18.0 Å². The average Bonchev–Trinajstić information content (AvgIpc) is 3.01. The maximum absolute atomic E-state index is 13.1. The van der Waals surface area contributed by atoms with Crippen molar-refractivity contribution >= 4 is 27.2 Å². The van der Waals surface area contributed by atoms with Crippen LogP contribution in [0.5, 0.6) is 0 Å². The SMILES string of the molecule is CCOC(=O)[C@H]1CCCCN1C(=O)c1nc(S(C)(=O)=O)n2ccccc12. The van der Waals surface area contributed by atoms with Crippen LogP contribution < -0.4 is 0 Å². The second-order valence-corrected chi connectivity index (χ2v) is 8.14. The number of nitrogens with zero attached hydrogens (tertiary/aromatic N) is 3. The van der Waals surface area contributed by atoms with Crippen molar-refractivity contribution in [1.29, 1.82) is 0 Å². The van der Waals surface area contributed by atoms with Crippen molar-refractivity contribution in [1.82, 2.24) is 14.3 Å².